The second-order valence-corrected chi connectivity index (χ2v) is 6.41. The molecule has 6 nitrogen and oxygen atoms in total. The molecule has 3 heterocycles. The van der Waals surface area contributed by atoms with Crippen molar-refractivity contribution in [2.24, 2.45) is 0 Å². The Morgan fingerprint density at radius 1 is 1.32 bits per heavy atom. The molecule has 0 radical (unpaired) electrons. The molecule has 2 saturated heterocycles. The molecular weight excluding hydrogens is 280 g/mol. The van der Waals surface area contributed by atoms with Gasteiger partial charge in [0, 0.05) is 38.1 Å². The molecule has 0 bridgehead atoms. The summed E-state index contributed by atoms with van der Waals surface area (Å²) in [5.74, 6) is -0.0705. The molecule has 0 aromatic carbocycles. The first kappa shape index (κ1) is 15.0. The summed E-state index contributed by atoms with van der Waals surface area (Å²) in [6.07, 6.45) is 5.20. The van der Waals surface area contributed by atoms with E-state index in [1.54, 1.807) is 12.4 Å². The number of likely N-dealkylation sites (tertiary alicyclic amines) is 1. The van der Waals surface area contributed by atoms with Crippen LogP contribution in [0.1, 0.15) is 25.8 Å². The number of carbonyl (C=O) groups is 2. The van der Waals surface area contributed by atoms with Crippen LogP contribution in [0.5, 0.6) is 0 Å². The number of nitrogens with zero attached hydrogens (tertiary/aromatic N) is 3. The zero-order valence-corrected chi connectivity index (χ0v) is 13.1. The fourth-order valence-corrected chi connectivity index (χ4v) is 3.30. The Morgan fingerprint density at radius 3 is 2.68 bits per heavy atom. The summed E-state index contributed by atoms with van der Waals surface area (Å²) in [7, 11) is 0. The Bertz CT molecular complexity index is 575. The lowest BCUT2D eigenvalue weighted by molar-refractivity contribution is -0.132. The molecular formula is C16H22N4O2. The molecule has 2 aliphatic rings. The highest BCUT2D eigenvalue weighted by Crippen LogP contribution is 2.29. The average molecular weight is 302 g/mol. The highest BCUT2D eigenvalue weighted by molar-refractivity contribution is 6.07. The number of rotatable bonds is 4. The largest absolute Gasteiger partial charge is 0.325 e. The van der Waals surface area contributed by atoms with Crippen molar-refractivity contribution in [2.75, 3.05) is 19.6 Å². The van der Waals surface area contributed by atoms with E-state index in [-0.39, 0.29) is 18.0 Å². The highest BCUT2D eigenvalue weighted by atomic mass is 16.2. The van der Waals surface area contributed by atoms with Crippen molar-refractivity contribution in [1.82, 2.24) is 20.1 Å². The van der Waals surface area contributed by atoms with Gasteiger partial charge in [-0.2, -0.15) is 0 Å². The fraction of sp³-hybridized carbons (Fsp3) is 0.562. The van der Waals surface area contributed by atoms with Crippen molar-refractivity contribution in [1.29, 1.82) is 0 Å². The van der Waals surface area contributed by atoms with Gasteiger partial charge in [-0.1, -0.05) is 0 Å². The normalized spacial score (nSPS) is 25.5. The van der Waals surface area contributed by atoms with Crippen molar-refractivity contribution in [3.05, 3.63) is 30.1 Å². The lowest BCUT2D eigenvalue weighted by Gasteiger charge is -2.23. The smallest absolute Gasteiger partial charge is 0.322 e. The van der Waals surface area contributed by atoms with Crippen LogP contribution in [0.3, 0.4) is 0 Å². The van der Waals surface area contributed by atoms with Crippen molar-refractivity contribution in [3.63, 3.8) is 0 Å². The third-order valence-electron chi connectivity index (χ3n) is 4.52. The van der Waals surface area contributed by atoms with Gasteiger partial charge in [0.1, 0.15) is 5.54 Å². The Morgan fingerprint density at radius 2 is 2.05 bits per heavy atom. The Kier molecular flexibility index (Phi) is 3.87. The van der Waals surface area contributed by atoms with Crippen molar-refractivity contribution < 1.29 is 9.59 Å². The quantitative estimate of drug-likeness (QED) is 0.844. The molecule has 1 spiro atoms. The predicted octanol–water partition coefficient (Wildman–Crippen LogP) is 1.03. The van der Waals surface area contributed by atoms with Crippen molar-refractivity contribution >= 4 is 11.9 Å². The van der Waals surface area contributed by atoms with Crippen LogP contribution in [0.25, 0.3) is 0 Å². The molecule has 1 N–H and O–H groups in total. The number of carbonyl (C=O) groups excluding carboxylic acids is 2. The van der Waals surface area contributed by atoms with Gasteiger partial charge in [-0.3, -0.25) is 14.7 Å². The monoisotopic (exact) mass is 302 g/mol. The van der Waals surface area contributed by atoms with Gasteiger partial charge < -0.3 is 10.2 Å². The summed E-state index contributed by atoms with van der Waals surface area (Å²) in [4.78, 5) is 32.3. The van der Waals surface area contributed by atoms with Crippen LogP contribution in [-0.4, -0.2) is 57.9 Å². The minimum Gasteiger partial charge on any atom is -0.322 e. The maximum absolute atomic E-state index is 12.6. The molecule has 118 valence electrons. The van der Waals surface area contributed by atoms with E-state index in [0.29, 0.717) is 13.0 Å². The van der Waals surface area contributed by atoms with Crippen LogP contribution in [0.4, 0.5) is 4.79 Å². The molecule has 2 aliphatic heterocycles. The highest BCUT2D eigenvalue weighted by Gasteiger charge is 2.54. The topological polar surface area (TPSA) is 65.5 Å². The van der Waals surface area contributed by atoms with E-state index in [9.17, 15) is 9.59 Å². The minimum atomic E-state index is -0.709. The van der Waals surface area contributed by atoms with E-state index in [0.717, 1.165) is 19.5 Å². The molecule has 0 aliphatic carbocycles. The van der Waals surface area contributed by atoms with Crippen LogP contribution < -0.4 is 5.32 Å². The first-order chi connectivity index (χ1) is 10.5. The van der Waals surface area contributed by atoms with Gasteiger partial charge in [0.25, 0.3) is 5.91 Å². The Hall–Kier alpha value is -1.95. The maximum Gasteiger partial charge on any atom is 0.325 e. The molecule has 1 atom stereocenters. The standard InChI is InChI=1S/C16H22N4O2/c1-12(2)20-14(21)16(18-15(20)22)6-10-19(11-16)9-5-13-3-7-17-8-4-13/h3-4,7-8,12H,5-6,9-11H2,1-2H3,(H,18,22). The lowest BCUT2D eigenvalue weighted by Crippen LogP contribution is -2.49. The SMILES string of the molecule is CC(C)N1C(=O)NC2(CCN(CCc3ccncc3)C2)C1=O. The Labute approximate surface area is 130 Å². The molecule has 1 aromatic heterocycles. The molecule has 3 amide bonds. The second kappa shape index (κ2) is 5.68. The lowest BCUT2D eigenvalue weighted by atomic mass is 9.98. The number of imide groups is 1. The van der Waals surface area contributed by atoms with Crippen LogP contribution in [0, 0.1) is 0 Å². The van der Waals surface area contributed by atoms with E-state index in [1.807, 2.05) is 26.0 Å². The minimum absolute atomic E-state index is 0.0705. The number of nitrogens with one attached hydrogen (secondary N) is 1. The summed E-state index contributed by atoms with van der Waals surface area (Å²) in [6, 6.07) is 3.66. The third kappa shape index (κ3) is 2.59. The van der Waals surface area contributed by atoms with E-state index in [2.05, 4.69) is 15.2 Å². The van der Waals surface area contributed by atoms with Gasteiger partial charge in [0.15, 0.2) is 0 Å². The van der Waals surface area contributed by atoms with E-state index in [4.69, 9.17) is 0 Å². The summed E-state index contributed by atoms with van der Waals surface area (Å²) < 4.78 is 0. The predicted molar refractivity (Wildman–Crippen MR) is 82.2 cm³/mol. The second-order valence-electron chi connectivity index (χ2n) is 6.41. The molecule has 22 heavy (non-hydrogen) atoms. The fourth-order valence-electron chi connectivity index (χ4n) is 3.30. The molecule has 3 rings (SSSR count). The van der Waals surface area contributed by atoms with Crippen LogP contribution in [-0.2, 0) is 11.2 Å². The average Bonchev–Trinajstić information content (AvgIpc) is 3.00. The zero-order chi connectivity index (χ0) is 15.7. The molecule has 1 aromatic rings. The van der Waals surface area contributed by atoms with Crippen molar-refractivity contribution in [2.45, 2.75) is 38.3 Å². The molecule has 0 saturated carbocycles. The van der Waals surface area contributed by atoms with Crippen LogP contribution >= 0.6 is 0 Å². The first-order valence-electron chi connectivity index (χ1n) is 7.79. The van der Waals surface area contributed by atoms with Crippen molar-refractivity contribution in [3.8, 4) is 0 Å². The summed E-state index contributed by atoms with van der Waals surface area (Å²) >= 11 is 0. The molecule has 2 fully saturated rings. The van der Waals surface area contributed by atoms with Gasteiger partial charge in [-0.05, 0) is 44.4 Å². The van der Waals surface area contributed by atoms with Crippen LogP contribution in [0.15, 0.2) is 24.5 Å². The number of aromatic nitrogens is 1. The first-order valence-corrected chi connectivity index (χ1v) is 7.79. The summed E-state index contributed by atoms with van der Waals surface area (Å²) in [5, 5.41) is 2.92. The number of hydrogen-bond acceptors (Lipinski definition) is 4. The zero-order valence-electron chi connectivity index (χ0n) is 13.1. The van der Waals surface area contributed by atoms with Crippen LogP contribution in [0.2, 0.25) is 0 Å². The van der Waals surface area contributed by atoms with Gasteiger partial charge in [-0.25, -0.2) is 4.79 Å². The van der Waals surface area contributed by atoms with E-state index < -0.39 is 5.54 Å². The maximum atomic E-state index is 12.6. The van der Waals surface area contributed by atoms with Gasteiger partial charge in [-0.15, -0.1) is 0 Å². The number of hydrogen-bond donors (Lipinski definition) is 1. The third-order valence-corrected chi connectivity index (χ3v) is 4.52. The van der Waals surface area contributed by atoms with E-state index in [1.165, 1.54) is 10.5 Å². The van der Waals surface area contributed by atoms with Gasteiger partial charge in [0.05, 0.1) is 0 Å². The summed E-state index contributed by atoms with van der Waals surface area (Å²) in [6.45, 7) is 6.06. The Balaban J connectivity index is 1.62. The van der Waals surface area contributed by atoms with E-state index >= 15 is 0 Å². The molecule has 1 unspecified atom stereocenters. The van der Waals surface area contributed by atoms with Gasteiger partial charge >= 0.3 is 6.03 Å². The van der Waals surface area contributed by atoms with Gasteiger partial charge in [0.2, 0.25) is 0 Å². The summed E-state index contributed by atoms with van der Waals surface area (Å²) in [5.41, 5.74) is 0.529. The number of pyridine rings is 1. The number of urea groups is 1. The number of amides is 3. The molecule has 6 heteroatoms.